The van der Waals surface area contributed by atoms with Crippen LogP contribution in [0.1, 0.15) is 0 Å². The molecule has 2 N–H and O–H groups in total. The van der Waals surface area contributed by atoms with Gasteiger partial charge < -0.3 is 10.2 Å². The molecule has 0 amide bonds. The van der Waals surface area contributed by atoms with Crippen molar-refractivity contribution in [3.63, 3.8) is 0 Å². The zero-order valence-corrected chi connectivity index (χ0v) is 6.47. The van der Waals surface area contributed by atoms with Gasteiger partial charge in [-0.05, 0) is 6.07 Å². The van der Waals surface area contributed by atoms with E-state index in [0.717, 1.165) is 11.5 Å². The highest BCUT2D eigenvalue weighted by Gasteiger charge is 2.02. The Labute approximate surface area is 67.5 Å². The molecule has 2 aromatic rings. The Bertz CT molecular complexity index is 339. The average Bonchev–Trinajstić information content (AvgIpc) is 2.55. The van der Waals surface area contributed by atoms with Crippen molar-refractivity contribution in [1.82, 2.24) is 4.98 Å². The molecule has 0 atom stereocenters. The largest absolute Gasteiger partial charge is 0.439 e. The number of hydrogen-bond acceptors (Lipinski definition) is 4. The molecule has 2 heterocycles. The molecule has 0 fully saturated rings. The van der Waals surface area contributed by atoms with E-state index in [4.69, 9.17) is 10.2 Å². The number of thiazole rings is 1. The molecule has 0 spiro atoms. The van der Waals surface area contributed by atoms with Crippen molar-refractivity contribution in [2.24, 2.45) is 0 Å². The first-order chi connectivity index (χ1) is 5.36. The van der Waals surface area contributed by atoms with Crippen LogP contribution in [0.4, 0.5) is 5.88 Å². The molecule has 0 bridgehead atoms. The van der Waals surface area contributed by atoms with Crippen LogP contribution in [0.3, 0.4) is 0 Å². The summed E-state index contributed by atoms with van der Waals surface area (Å²) in [5.41, 5.74) is 7.99. The van der Waals surface area contributed by atoms with E-state index in [1.807, 2.05) is 11.4 Å². The molecule has 3 nitrogen and oxygen atoms in total. The second kappa shape index (κ2) is 2.39. The van der Waals surface area contributed by atoms with Crippen LogP contribution >= 0.6 is 11.3 Å². The van der Waals surface area contributed by atoms with Crippen LogP contribution in [0.15, 0.2) is 27.4 Å². The minimum atomic E-state index is 0.424. The molecule has 4 heteroatoms. The maximum atomic E-state index is 5.39. The molecule has 56 valence electrons. The van der Waals surface area contributed by atoms with Gasteiger partial charge in [0, 0.05) is 11.4 Å². The molecule has 0 aromatic carbocycles. The highest BCUT2D eigenvalue weighted by atomic mass is 32.1. The Morgan fingerprint density at radius 1 is 1.45 bits per heavy atom. The lowest BCUT2D eigenvalue weighted by molar-refractivity contribution is 0.601. The van der Waals surface area contributed by atoms with Crippen LogP contribution in [-0.2, 0) is 0 Å². The molecule has 2 rings (SSSR count). The predicted molar refractivity (Wildman–Crippen MR) is 44.2 cm³/mol. The topological polar surface area (TPSA) is 52.0 Å². The van der Waals surface area contributed by atoms with E-state index in [0.29, 0.717) is 5.88 Å². The number of nitrogens with two attached hydrogens (primary N) is 1. The summed E-state index contributed by atoms with van der Waals surface area (Å²) in [7, 11) is 0. The van der Waals surface area contributed by atoms with Gasteiger partial charge in [-0.25, -0.2) is 4.98 Å². The normalized spacial score (nSPS) is 10.2. The molecular formula is C7H6N2OS. The smallest absolute Gasteiger partial charge is 0.191 e. The fourth-order valence-electron chi connectivity index (χ4n) is 0.825. The third kappa shape index (κ3) is 1.12. The van der Waals surface area contributed by atoms with Gasteiger partial charge in [-0.15, -0.1) is 11.3 Å². The van der Waals surface area contributed by atoms with E-state index < -0.39 is 0 Å². The van der Waals surface area contributed by atoms with Crippen molar-refractivity contribution in [2.45, 2.75) is 0 Å². The number of anilines is 1. The van der Waals surface area contributed by atoms with Gasteiger partial charge in [0.1, 0.15) is 5.69 Å². The van der Waals surface area contributed by atoms with E-state index in [1.165, 1.54) is 11.3 Å². The molecule has 0 saturated carbocycles. The van der Waals surface area contributed by atoms with Crippen molar-refractivity contribution in [2.75, 3.05) is 5.73 Å². The summed E-state index contributed by atoms with van der Waals surface area (Å²) in [5.74, 6) is 1.15. The zero-order chi connectivity index (χ0) is 7.68. The molecule has 2 aromatic heterocycles. The molecule has 0 unspecified atom stereocenters. The van der Waals surface area contributed by atoms with Gasteiger partial charge in [0.25, 0.3) is 0 Å². The summed E-state index contributed by atoms with van der Waals surface area (Å²) < 4.78 is 5.15. The number of hydrogen-bond donors (Lipinski definition) is 1. The second-order valence-electron chi connectivity index (χ2n) is 2.08. The van der Waals surface area contributed by atoms with E-state index in [1.54, 1.807) is 11.6 Å². The average molecular weight is 166 g/mol. The van der Waals surface area contributed by atoms with Crippen LogP contribution in [0.2, 0.25) is 0 Å². The Morgan fingerprint density at radius 3 is 2.91 bits per heavy atom. The van der Waals surface area contributed by atoms with Crippen molar-refractivity contribution >= 4 is 17.2 Å². The maximum Gasteiger partial charge on any atom is 0.191 e. The SMILES string of the molecule is Nc1ccc(-c2cscn2)o1. The fraction of sp³-hybridized carbons (Fsp3) is 0. The van der Waals surface area contributed by atoms with E-state index in [2.05, 4.69) is 4.98 Å². The van der Waals surface area contributed by atoms with Gasteiger partial charge in [-0.1, -0.05) is 0 Å². The van der Waals surface area contributed by atoms with Gasteiger partial charge in [-0.2, -0.15) is 0 Å². The van der Waals surface area contributed by atoms with E-state index in [-0.39, 0.29) is 0 Å². The van der Waals surface area contributed by atoms with Crippen molar-refractivity contribution in [3.8, 4) is 11.5 Å². The van der Waals surface area contributed by atoms with Gasteiger partial charge in [0.15, 0.2) is 11.6 Å². The first-order valence-electron chi connectivity index (χ1n) is 3.10. The molecule has 0 aliphatic rings. The van der Waals surface area contributed by atoms with Gasteiger partial charge in [-0.3, -0.25) is 0 Å². The first-order valence-corrected chi connectivity index (χ1v) is 4.04. The van der Waals surface area contributed by atoms with Gasteiger partial charge in [0.2, 0.25) is 0 Å². The quantitative estimate of drug-likeness (QED) is 0.704. The standard InChI is InChI=1S/C7H6N2OS/c8-7-2-1-6(10-7)5-3-11-4-9-5/h1-4H,8H2. The highest BCUT2D eigenvalue weighted by Crippen LogP contribution is 2.22. The summed E-state index contributed by atoms with van der Waals surface area (Å²) in [6.07, 6.45) is 0. The molecular weight excluding hydrogens is 160 g/mol. The third-order valence-electron chi connectivity index (χ3n) is 1.31. The first kappa shape index (κ1) is 6.42. The van der Waals surface area contributed by atoms with Crippen molar-refractivity contribution < 1.29 is 4.42 Å². The molecule has 0 saturated heterocycles. The van der Waals surface area contributed by atoms with Crippen LogP contribution in [0.25, 0.3) is 11.5 Å². The molecule has 0 aliphatic heterocycles. The van der Waals surface area contributed by atoms with Crippen LogP contribution in [0, 0.1) is 0 Å². The number of nitrogens with zero attached hydrogens (tertiary/aromatic N) is 1. The summed E-state index contributed by atoms with van der Waals surface area (Å²) in [4.78, 5) is 4.07. The summed E-state index contributed by atoms with van der Waals surface area (Å²) >= 11 is 1.53. The maximum absolute atomic E-state index is 5.39. The minimum absolute atomic E-state index is 0.424. The number of aromatic nitrogens is 1. The molecule has 0 radical (unpaired) electrons. The molecule has 0 aliphatic carbocycles. The Hall–Kier alpha value is -1.29. The van der Waals surface area contributed by atoms with Crippen molar-refractivity contribution in [1.29, 1.82) is 0 Å². The Balaban J connectivity index is 2.45. The fourth-order valence-corrected chi connectivity index (χ4v) is 1.37. The number of rotatable bonds is 1. The summed E-state index contributed by atoms with van der Waals surface area (Å²) in [6.45, 7) is 0. The highest BCUT2D eigenvalue weighted by molar-refractivity contribution is 7.07. The Kier molecular flexibility index (Phi) is 1.40. The lowest BCUT2D eigenvalue weighted by Crippen LogP contribution is -1.76. The van der Waals surface area contributed by atoms with E-state index >= 15 is 0 Å². The minimum Gasteiger partial charge on any atom is -0.439 e. The van der Waals surface area contributed by atoms with Gasteiger partial charge >= 0.3 is 0 Å². The lowest BCUT2D eigenvalue weighted by atomic mass is 10.4. The lowest BCUT2D eigenvalue weighted by Gasteiger charge is -1.86. The van der Waals surface area contributed by atoms with Gasteiger partial charge in [0.05, 0.1) is 5.51 Å². The Morgan fingerprint density at radius 2 is 2.36 bits per heavy atom. The predicted octanol–water partition coefficient (Wildman–Crippen LogP) is 1.99. The van der Waals surface area contributed by atoms with Crippen LogP contribution < -0.4 is 5.73 Å². The number of furan rings is 1. The monoisotopic (exact) mass is 166 g/mol. The van der Waals surface area contributed by atoms with Crippen molar-refractivity contribution in [3.05, 3.63) is 23.0 Å². The van der Waals surface area contributed by atoms with Crippen LogP contribution in [0.5, 0.6) is 0 Å². The van der Waals surface area contributed by atoms with E-state index in [9.17, 15) is 0 Å². The summed E-state index contributed by atoms with van der Waals surface area (Å²) in [5, 5.41) is 1.91. The second-order valence-corrected chi connectivity index (χ2v) is 2.79. The zero-order valence-electron chi connectivity index (χ0n) is 5.65. The number of nitrogen functional groups attached to an aromatic ring is 1. The third-order valence-corrected chi connectivity index (χ3v) is 1.90. The van der Waals surface area contributed by atoms with Crippen LogP contribution in [-0.4, -0.2) is 4.98 Å². The summed E-state index contributed by atoms with van der Waals surface area (Å²) in [6, 6.07) is 3.53. The molecule has 11 heavy (non-hydrogen) atoms.